The Labute approximate surface area is 260 Å². The Bertz CT molecular complexity index is 1800. The first-order chi connectivity index (χ1) is 21.6. The van der Waals surface area contributed by atoms with E-state index in [2.05, 4.69) is 48.8 Å². The number of anilines is 2. The van der Waals surface area contributed by atoms with E-state index < -0.39 is 11.7 Å². The summed E-state index contributed by atoms with van der Waals surface area (Å²) in [4.78, 5) is 12.7. The zero-order chi connectivity index (χ0) is 32.0. The number of nitrogens with zero attached hydrogens (tertiary/aromatic N) is 5. The minimum Gasteiger partial charge on any atom is -0.403 e. The lowest BCUT2D eigenvalue weighted by Crippen LogP contribution is -2.44. The van der Waals surface area contributed by atoms with Crippen molar-refractivity contribution in [1.82, 2.24) is 19.2 Å². The van der Waals surface area contributed by atoms with E-state index >= 15 is 0 Å². The van der Waals surface area contributed by atoms with Crippen LogP contribution in [0.15, 0.2) is 90.5 Å². The van der Waals surface area contributed by atoms with Gasteiger partial charge in [-0.15, -0.1) is 0 Å². The topological polar surface area (TPSA) is 86.2 Å². The third-order valence-electron chi connectivity index (χ3n) is 7.51. The first kappa shape index (κ1) is 31.4. The molecule has 2 aromatic carbocycles. The smallest absolute Gasteiger partial charge is 0.403 e. The number of rotatable bonds is 8. The van der Waals surface area contributed by atoms with Gasteiger partial charge in [0.05, 0.1) is 23.1 Å². The molecule has 0 saturated carbocycles. The molecule has 1 aliphatic heterocycles. The molecule has 0 radical (unpaired) electrons. The molecule has 4 N–H and O–H groups in total. The summed E-state index contributed by atoms with van der Waals surface area (Å²) < 4.78 is 44.1. The first-order valence-corrected chi connectivity index (χ1v) is 14.4. The standard InChI is InChI=1S/C34H35F3N8/c1-24(41-28-11-10-27(31(19-28)34(35,36)37)23-44-16-14-43(3)15-17-44)26-7-4-6-25(18-26)9-12-30-22-40-33-32(8-5-13-45(30)33)42-29(20-38)21-39-2/h4-8,10-11,13,18-22,41-42H,1,14-17,23,38H2,2-3H3. The quantitative estimate of drug-likeness (QED) is 0.180. The van der Waals surface area contributed by atoms with E-state index in [4.69, 9.17) is 5.73 Å². The van der Waals surface area contributed by atoms with Gasteiger partial charge in [0, 0.05) is 75.3 Å². The number of piperazine rings is 1. The molecule has 0 amide bonds. The molecule has 232 valence electrons. The maximum absolute atomic E-state index is 14.1. The number of benzene rings is 2. The fraction of sp³-hybridized carbons (Fsp3) is 0.235. The van der Waals surface area contributed by atoms with E-state index in [1.807, 2.05) is 54.0 Å². The van der Waals surface area contributed by atoms with Crippen LogP contribution in [0, 0.1) is 11.8 Å². The number of hydrogen-bond donors (Lipinski definition) is 3. The largest absolute Gasteiger partial charge is 0.416 e. The van der Waals surface area contributed by atoms with Crippen LogP contribution >= 0.6 is 0 Å². The third-order valence-corrected chi connectivity index (χ3v) is 7.51. The average molecular weight is 613 g/mol. The van der Waals surface area contributed by atoms with Crippen molar-refractivity contribution in [3.8, 4) is 11.8 Å². The molecule has 11 heteroatoms. The highest BCUT2D eigenvalue weighted by Gasteiger charge is 2.34. The molecule has 45 heavy (non-hydrogen) atoms. The summed E-state index contributed by atoms with van der Waals surface area (Å²) in [5.74, 6) is 6.32. The Balaban J connectivity index is 1.32. The minimum absolute atomic E-state index is 0.258. The van der Waals surface area contributed by atoms with Crippen LogP contribution in [-0.4, -0.2) is 65.7 Å². The molecule has 1 fully saturated rings. The van der Waals surface area contributed by atoms with Crippen molar-refractivity contribution >= 4 is 28.9 Å². The van der Waals surface area contributed by atoms with Crippen molar-refractivity contribution in [2.75, 3.05) is 50.9 Å². The fourth-order valence-corrected chi connectivity index (χ4v) is 5.08. The number of fused-ring (bicyclic) bond motifs is 1. The van der Waals surface area contributed by atoms with Crippen LogP contribution in [0.1, 0.15) is 27.9 Å². The van der Waals surface area contributed by atoms with Crippen molar-refractivity contribution in [2.45, 2.75) is 12.7 Å². The van der Waals surface area contributed by atoms with E-state index in [1.54, 1.807) is 31.6 Å². The van der Waals surface area contributed by atoms with Crippen molar-refractivity contribution in [3.05, 3.63) is 113 Å². The van der Waals surface area contributed by atoms with Gasteiger partial charge in [-0.25, -0.2) is 4.98 Å². The van der Waals surface area contributed by atoms with Crippen LogP contribution in [0.4, 0.5) is 24.5 Å². The highest BCUT2D eigenvalue weighted by atomic mass is 19.4. The number of nitrogens with two attached hydrogens (primary N) is 1. The molecule has 3 heterocycles. The van der Waals surface area contributed by atoms with Gasteiger partial charge in [0.1, 0.15) is 5.69 Å². The third kappa shape index (κ3) is 7.73. The van der Waals surface area contributed by atoms with E-state index in [0.29, 0.717) is 39.5 Å². The van der Waals surface area contributed by atoms with Gasteiger partial charge < -0.3 is 21.3 Å². The summed E-state index contributed by atoms with van der Waals surface area (Å²) in [5, 5.41) is 6.26. The molecule has 8 nitrogen and oxygen atoms in total. The Hall–Kier alpha value is -5.05. The van der Waals surface area contributed by atoms with Crippen molar-refractivity contribution in [1.29, 1.82) is 0 Å². The molecule has 1 aliphatic rings. The van der Waals surface area contributed by atoms with Gasteiger partial charge in [0.2, 0.25) is 0 Å². The lowest BCUT2D eigenvalue weighted by Gasteiger charge is -2.33. The van der Waals surface area contributed by atoms with Crippen LogP contribution in [0.2, 0.25) is 0 Å². The Kier molecular flexibility index (Phi) is 9.56. The van der Waals surface area contributed by atoms with Crippen molar-refractivity contribution in [2.24, 2.45) is 10.7 Å². The lowest BCUT2D eigenvalue weighted by molar-refractivity contribution is -0.138. The number of likely N-dealkylation sites (N-methyl/N-ethyl adjacent to an activating group) is 1. The normalized spacial score (nSPS) is 14.8. The number of allylic oxidation sites excluding steroid dienone is 1. The minimum atomic E-state index is -4.47. The van der Waals surface area contributed by atoms with Gasteiger partial charge in [0.15, 0.2) is 5.65 Å². The maximum Gasteiger partial charge on any atom is 0.416 e. The zero-order valence-corrected chi connectivity index (χ0v) is 25.2. The second kappa shape index (κ2) is 13.7. The highest BCUT2D eigenvalue weighted by molar-refractivity contribution is 5.85. The lowest BCUT2D eigenvalue weighted by atomic mass is 10.0. The Morgan fingerprint density at radius 1 is 1.07 bits per heavy atom. The number of aromatic nitrogens is 2. The zero-order valence-electron chi connectivity index (χ0n) is 25.2. The first-order valence-electron chi connectivity index (χ1n) is 14.4. The molecule has 5 rings (SSSR count). The van der Waals surface area contributed by atoms with Crippen molar-refractivity contribution < 1.29 is 13.2 Å². The molecule has 0 aliphatic carbocycles. The van der Waals surface area contributed by atoms with Gasteiger partial charge >= 0.3 is 6.18 Å². The van der Waals surface area contributed by atoms with Crippen LogP contribution in [0.3, 0.4) is 0 Å². The average Bonchev–Trinajstić information content (AvgIpc) is 3.45. The number of hydrogen-bond acceptors (Lipinski definition) is 7. The molecule has 0 atom stereocenters. The van der Waals surface area contributed by atoms with Gasteiger partial charge in [-0.05, 0) is 60.5 Å². The second-order valence-corrected chi connectivity index (χ2v) is 10.8. The molecule has 2 aromatic heterocycles. The van der Waals surface area contributed by atoms with Crippen LogP contribution in [-0.2, 0) is 12.7 Å². The predicted octanol–water partition coefficient (Wildman–Crippen LogP) is 5.50. The summed E-state index contributed by atoms with van der Waals surface area (Å²) >= 11 is 0. The Morgan fingerprint density at radius 3 is 2.60 bits per heavy atom. The molecular formula is C34H35F3N8. The Morgan fingerprint density at radius 2 is 1.87 bits per heavy atom. The number of pyridine rings is 1. The summed E-state index contributed by atoms with van der Waals surface area (Å²) in [5.41, 5.74) is 10.2. The van der Waals surface area contributed by atoms with Crippen LogP contribution in [0.25, 0.3) is 11.3 Å². The predicted molar refractivity (Wildman–Crippen MR) is 175 cm³/mol. The summed E-state index contributed by atoms with van der Waals surface area (Å²) in [6.45, 7) is 7.49. The van der Waals surface area contributed by atoms with Gasteiger partial charge in [-0.1, -0.05) is 30.7 Å². The van der Waals surface area contributed by atoms with E-state index in [1.165, 1.54) is 6.20 Å². The monoisotopic (exact) mass is 612 g/mol. The van der Waals surface area contributed by atoms with Gasteiger partial charge in [0.25, 0.3) is 0 Å². The van der Waals surface area contributed by atoms with E-state index in [9.17, 15) is 13.2 Å². The molecule has 1 saturated heterocycles. The molecule has 4 aromatic rings. The SMILES string of the molecule is C=C(Nc1ccc(CN2CCN(C)CC2)c(C(F)(F)F)c1)c1cccc(C#Cc2cnc3c(NC(C=NC)=CN)cccn23)c1. The van der Waals surface area contributed by atoms with Gasteiger partial charge in [-0.3, -0.25) is 14.3 Å². The molecule has 0 unspecified atom stereocenters. The van der Waals surface area contributed by atoms with E-state index in [0.717, 1.165) is 37.9 Å². The van der Waals surface area contributed by atoms with Crippen LogP contribution in [0.5, 0.6) is 0 Å². The number of halogens is 3. The fourth-order valence-electron chi connectivity index (χ4n) is 5.08. The van der Waals surface area contributed by atoms with Crippen molar-refractivity contribution in [3.63, 3.8) is 0 Å². The maximum atomic E-state index is 14.1. The van der Waals surface area contributed by atoms with E-state index in [-0.39, 0.29) is 12.1 Å². The number of imidazole rings is 1. The molecule has 0 bridgehead atoms. The summed E-state index contributed by atoms with van der Waals surface area (Å²) in [7, 11) is 3.68. The molecule has 0 spiro atoms. The number of alkyl halides is 3. The number of nitrogens with one attached hydrogen (secondary N) is 2. The number of aliphatic imine (C=N–C) groups is 1. The molecular weight excluding hydrogens is 577 g/mol. The van der Waals surface area contributed by atoms with Crippen LogP contribution < -0.4 is 16.4 Å². The summed E-state index contributed by atoms with van der Waals surface area (Å²) in [6, 6.07) is 15.5. The van der Waals surface area contributed by atoms with Gasteiger partial charge in [-0.2, -0.15) is 13.2 Å². The second-order valence-electron chi connectivity index (χ2n) is 10.8. The summed E-state index contributed by atoms with van der Waals surface area (Å²) in [6.07, 6.45) is 2.12. The highest BCUT2D eigenvalue weighted by Crippen LogP contribution is 2.35.